The van der Waals surface area contributed by atoms with Crippen molar-refractivity contribution in [2.24, 2.45) is 17.6 Å². The van der Waals surface area contributed by atoms with Gasteiger partial charge < -0.3 is 25.7 Å². The molecule has 2 aromatic rings. The van der Waals surface area contributed by atoms with E-state index in [0.717, 1.165) is 24.1 Å². The number of Topliss-reactive ketones (excluding diaryl/α,β-unsaturated/α-hetero) is 1. The number of aromatic amines is 1. The zero-order valence-electron chi connectivity index (χ0n) is 21.8. The zero-order chi connectivity index (χ0) is 26.4. The van der Waals surface area contributed by atoms with E-state index in [9.17, 15) is 14.4 Å². The number of hydrogen-bond donors (Lipinski definition) is 3. The summed E-state index contributed by atoms with van der Waals surface area (Å²) >= 11 is 0. The lowest BCUT2D eigenvalue weighted by atomic mass is 9.79. The van der Waals surface area contributed by atoms with Crippen LogP contribution in [0.4, 0.5) is 0 Å². The van der Waals surface area contributed by atoms with E-state index < -0.39 is 18.1 Å². The predicted molar refractivity (Wildman–Crippen MR) is 140 cm³/mol. The van der Waals surface area contributed by atoms with Gasteiger partial charge in [0, 0.05) is 42.9 Å². The van der Waals surface area contributed by atoms with Gasteiger partial charge in [-0.15, -0.1) is 0 Å². The van der Waals surface area contributed by atoms with E-state index in [-0.39, 0.29) is 29.9 Å². The van der Waals surface area contributed by atoms with Crippen molar-refractivity contribution in [3.8, 4) is 5.75 Å². The lowest BCUT2D eigenvalue weighted by Gasteiger charge is -2.28. The summed E-state index contributed by atoms with van der Waals surface area (Å²) in [6, 6.07) is 5.57. The fraction of sp³-hybridized carbons (Fsp3) is 0.571. The number of ketones is 1. The molecule has 200 valence electrons. The van der Waals surface area contributed by atoms with Gasteiger partial charge in [0.2, 0.25) is 11.8 Å². The fourth-order valence-corrected chi connectivity index (χ4v) is 5.91. The quantitative estimate of drug-likeness (QED) is 0.451. The van der Waals surface area contributed by atoms with Crippen molar-refractivity contribution in [3.05, 3.63) is 48.0 Å². The molecule has 0 spiro atoms. The van der Waals surface area contributed by atoms with Gasteiger partial charge in [-0.2, -0.15) is 0 Å². The molecule has 2 fully saturated rings. The van der Waals surface area contributed by atoms with Crippen LogP contribution in [0.2, 0.25) is 0 Å². The smallest absolute Gasteiger partial charge is 0.243 e. The third kappa shape index (κ3) is 6.57. The highest BCUT2D eigenvalue weighted by molar-refractivity contribution is 5.92. The van der Waals surface area contributed by atoms with Crippen LogP contribution in [-0.2, 0) is 20.8 Å². The van der Waals surface area contributed by atoms with Crippen molar-refractivity contribution >= 4 is 17.6 Å². The Morgan fingerprint density at radius 1 is 1.19 bits per heavy atom. The predicted octanol–water partition coefficient (Wildman–Crippen LogP) is 2.92. The minimum Gasteiger partial charge on any atom is -0.496 e. The van der Waals surface area contributed by atoms with Crippen LogP contribution in [0.5, 0.6) is 5.75 Å². The van der Waals surface area contributed by atoms with Gasteiger partial charge in [0.15, 0.2) is 5.78 Å². The molecule has 2 unspecified atom stereocenters. The van der Waals surface area contributed by atoms with Crippen LogP contribution in [0.3, 0.4) is 0 Å². The Hall–Kier alpha value is -3.20. The number of ether oxygens (including phenoxy) is 1. The Bertz CT molecular complexity index is 1070. The highest BCUT2D eigenvalue weighted by Gasteiger charge is 2.43. The van der Waals surface area contributed by atoms with Crippen molar-refractivity contribution in [2.75, 3.05) is 13.7 Å². The Labute approximate surface area is 218 Å². The number of nitrogens with one attached hydrogen (secondary N) is 2. The van der Waals surface area contributed by atoms with Crippen LogP contribution in [0.1, 0.15) is 69.2 Å². The number of imidazole rings is 1. The number of carbonyl (C=O) groups excluding carboxylic acids is 3. The van der Waals surface area contributed by atoms with Crippen LogP contribution in [0.25, 0.3) is 0 Å². The molecule has 4 N–H and O–H groups in total. The van der Waals surface area contributed by atoms with Gasteiger partial charge in [0.05, 0.1) is 19.5 Å². The average Bonchev–Trinajstić information content (AvgIpc) is 3.59. The number of hydrogen-bond acceptors (Lipinski definition) is 6. The van der Waals surface area contributed by atoms with Crippen molar-refractivity contribution in [1.29, 1.82) is 0 Å². The summed E-state index contributed by atoms with van der Waals surface area (Å²) in [6.07, 6.45) is 10.1. The van der Waals surface area contributed by atoms with E-state index in [1.54, 1.807) is 24.5 Å². The standard InChI is InChI=1S/C28H39N5O4/c1-18(34)24(13-21-15-30-17-31-21)32-28(36)25-12-20(19-8-4-3-5-9-19)16-33(25)27(35)14-23(29)22-10-6-7-11-26(22)37-2/h6-7,10-11,15,17,19-20,23-25H,3-5,8-9,12-14,16,29H2,1-2H3,(H,30,31)(H,32,36)/t20?,23?,24-,25-/m0/s1. The van der Waals surface area contributed by atoms with Crippen molar-refractivity contribution < 1.29 is 19.1 Å². The number of benzene rings is 1. The van der Waals surface area contributed by atoms with Gasteiger partial charge in [-0.25, -0.2) is 4.98 Å². The molecule has 0 bridgehead atoms. The third-order valence-electron chi connectivity index (χ3n) is 7.99. The Kier molecular flexibility index (Phi) is 8.97. The molecule has 9 heteroatoms. The molecule has 2 amide bonds. The molecule has 4 atom stereocenters. The molecular formula is C28H39N5O4. The summed E-state index contributed by atoms with van der Waals surface area (Å²) in [5.74, 6) is 0.855. The van der Waals surface area contributed by atoms with Gasteiger partial charge in [0.25, 0.3) is 0 Å². The van der Waals surface area contributed by atoms with Gasteiger partial charge in [0.1, 0.15) is 11.8 Å². The number of rotatable bonds is 10. The summed E-state index contributed by atoms with van der Waals surface area (Å²) < 4.78 is 5.43. The summed E-state index contributed by atoms with van der Waals surface area (Å²) in [6.45, 7) is 2.02. The van der Waals surface area contributed by atoms with Gasteiger partial charge in [-0.05, 0) is 31.2 Å². The number of H-pyrrole nitrogens is 1. The van der Waals surface area contributed by atoms with Crippen molar-refractivity contribution in [2.45, 2.75) is 76.4 Å². The summed E-state index contributed by atoms with van der Waals surface area (Å²) in [4.78, 5) is 48.2. The van der Waals surface area contributed by atoms with Gasteiger partial charge in [-0.1, -0.05) is 50.3 Å². The number of nitrogens with zero attached hydrogens (tertiary/aromatic N) is 2. The highest BCUT2D eigenvalue weighted by Crippen LogP contribution is 2.38. The zero-order valence-corrected chi connectivity index (χ0v) is 21.8. The van der Waals surface area contributed by atoms with Gasteiger partial charge in [-0.3, -0.25) is 14.4 Å². The van der Waals surface area contributed by atoms with E-state index >= 15 is 0 Å². The van der Waals surface area contributed by atoms with Crippen molar-refractivity contribution in [1.82, 2.24) is 20.2 Å². The molecule has 1 saturated carbocycles. The summed E-state index contributed by atoms with van der Waals surface area (Å²) in [5, 5.41) is 2.93. The van der Waals surface area contributed by atoms with E-state index in [2.05, 4.69) is 15.3 Å². The first kappa shape index (κ1) is 26.9. The van der Waals surface area contributed by atoms with E-state index in [1.807, 2.05) is 24.3 Å². The second-order valence-electron chi connectivity index (χ2n) is 10.5. The van der Waals surface area contributed by atoms with Crippen LogP contribution < -0.4 is 15.8 Å². The monoisotopic (exact) mass is 509 g/mol. The molecule has 1 saturated heterocycles. The summed E-state index contributed by atoms with van der Waals surface area (Å²) in [7, 11) is 1.58. The Morgan fingerprint density at radius 3 is 2.62 bits per heavy atom. The number of carbonyl (C=O) groups is 3. The molecular weight excluding hydrogens is 470 g/mol. The molecule has 1 aliphatic carbocycles. The number of aromatic nitrogens is 2. The van der Waals surface area contributed by atoms with Crippen LogP contribution in [-0.4, -0.2) is 58.2 Å². The third-order valence-corrected chi connectivity index (χ3v) is 7.99. The molecule has 37 heavy (non-hydrogen) atoms. The number of nitrogens with two attached hydrogens (primary N) is 1. The highest BCUT2D eigenvalue weighted by atomic mass is 16.5. The first-order valence-electron chi connectivity index (χ1n) is 13.3. The second-order valence-corrected chi connectivity index (χ2v) is 10.5. The minimum atomic E-state index is -0.686. The topological polar surface area (TPSA) is 130 Å². The summed E-state index contributed by atoms with van der Waals surface area (Å²) in [5.41, 5.74) is 7.98. The molecule has 1 aliphatic heterocycles. The fourth-order valence-electron chi connectivity index (χ4n) is 5.91. The van der Waals surface area contributed by atoms with Gasteiger partial charge >= 0.3 is 0 Å². The van der Waals surface area contributed by atoms with E-state index in [0.29, 0.717) is 31.1 Å². The van der Waals surface area contributed by atoms with E-state index in [1.165, 1.54) is 26.2 Å². The largest absolute Gasteiger partial charge is 0.496 e. The molecule has 2 aliphatic rings. The SMILES string of the molecule is COc1ccccc1C(N)CC(=O)N1CC(C2CCCCC2)C[C@H]1C(=O)N[C@@H](Cc1cnc[nH]1)C(C)=O. The molecule has 9 nitrogen and oxygen atoms in total. The molecule has 1 aromatic carbocycles. The molecule has 0 radical (unpaired) electrons. The maximum absolute atomic E-state index is 13.6. The molecule has 4 rings (SSSR count). The minimum absolute atomic E-state index is 0.0752. The van der Waals surface area contributed by atoms with Crippen molar-refractivity contribution in [3.63, 3.8) is 0 Å². The maximum atomic E-state index is 13.6. The lowest BCUT2D eigenvalue weighted by molar-refractivity contribution is -0.139. The Morgan fingerprint density at radius 2 is 1.95 bits per heavy atom. The van der Waals surface area contributed by atoms with Crippen LogP contribution >= 0.6 is 0 Å². The number of methoxy groups -OCH3 is 1. The second kappa shape index (κ2) is 12.4. The molecule has 1 aromatic heterocycles. The Balaban J connectivity index is 1.50. The maximum Gasteiger partial charge on any atom is 0.243 e. The van der Waals surface area contributed by atoms with Crippen LogP contribution in [0, 0.1) is 11.8 Å². The average molecular weight is 510 g/mol. The number of para-hydroxylation sites is 1. The lowest BCUT2D eigenvalue weighted by Crippen LogP contribution is -2.51. The normalized spacial score (nSPS) is 21.9. The first-order valence-corrected chi connectivity index (χ1v) is 13.3. The van der Waals surface area contributed by atoms with Crippen LogP contribution in [0.15, 0.2) is 36.8 Å². The van der Waals surface area contributed by atoms with E-state index in [4.69, 9.17) is 10.5 Å². The number of amides is 2. The number of likely N-dealkylation sites (tertiary alicyclic amines) is 1. The first-order chi connectivity index (χ1) is 17.9. The molecule has 2 heterocycles.